The Morgan fingerprint density at radius 3 is 2.72 bits per heavy atom. The zero-order chi connectivity index (χ0) is 22.5. The van der Waals surface area contributed by atoms with Crippen molar-refractivity contribution in [2.75, 3.05) is 6.61 Å². The maximum atomic E-state index is 13.4. The Labute approximate surface area is 188 Å². The molecule has 0 bridgehead atoms. The molecule has 1 aliphatic rings. The number of rotatable bonds is 3. The van der Waals surface area contributed by atoms with Gasteiger partial charge in [0.2, 0.25) is 0 Å². The number of pyridine rings is 2. The molecule has 0 N–H and O–H groups in total. The first-order chi connectivity index (χ1) is 15.3. The number of halogens is 4. The van der Waals surface area contributed by atoms with Gasteiger partial charge in [0.25, 0.3) is 5.56 Å². The number of ether oxygens (including phenoxy) is 1. The first-order valence-corrected chi connectivity index (χ1v) is 11.0. The van der Waals surface area contributed by atoms with E-state index in [0.29, 0.717) is 33.2 Å². The minimum absolute atomic E-state index is 0.133. The van der Waals surface area contributed by atoms with Crippen LogP contribution < -0.4 is 5.56 Å². The molecular weight excluding hydrogens is 489 g/mol. The SMILES string of the molecule is O=c1c2cnn(C3CCCCO3)c2c2cc(Br)c(-c3ccccn3)cc2n1CC(F)(F)F. The molecule has 166 valence electrons. The van der Waals surface area contributed by atoms with Gasteiger partial charge in [-0.1, -0.05) is 22.0 Å². The molecule has 0 radical (unpaired) electrons. The number of alkyl halides is 3. The van der Waals surface area contributed by atoms with Gasteiger partial charge in [-0.25, -0.2) is 4.68 Å². The summed E-state index contributed by atoms with van der Waals surface area (Å²) >= 11 is 3.54. The highest BCUT2D eigenvalue weighted by Crippen LogP contribution is 2.36. The molecule has 5 rings (SSSR count). The second kappa shape index (κ2) is 8.00. The van der Waals surface area contributed by atoms with Crippen LogP contribution in [0.15, 0.2) is 52.0 Å². The van der Waals surface area contributed by atoms with E-state index in [2.05, 4.69) is 26.0 Å². The molecule has 1 aliphatic heterocycles. The Bertz CT molecular complexity index is 1360. The van der Waals surface area contributed by atoms with E-state index < -0.39 is 18.3 Å². The summed E-state index contributed by atoms with van der Waals surface area (Å²) in [5, 5.41) is 4.97. The minimum Gasteiger partial charge on any atom is -0.356 e. The van der Waals surface area contributed by atoms with Crippen LogP contribution in [0, 0.1) is 0 Å². The first kappa shape index (κ1) is 21.1. The molecular formula is C22H18BrF3N4O2. The van der Waals surface area contributed by atoms with Crippen molar-refractivity contribution in [3.05, 3.63) is 57.6 Å². The number of fused-ring (bicyclic) bond motifs is 3. The van der Waals surface area contributed by atoms with Gasteiger partial charge in [-0.3, -0.25) is 14.3 Å². The van der Waals surface area contributed by atoms with Gasteiger partial charge < -0.3 is 4.74 Å². The first-order valence-electron chi connectivity index (χ1n) is 10.2. The maximum Gasteiger partial charge on any atom is 0.406 e. The predicted molar refractivity (Wildman–Crippen MR) is 117 cm³/mol. The van der Waals surface area contributed by atoms with Crippen molar-refractivity contribution < 1.29 is 17.9 Å². The molecule has 1 fully saturated rings. The van der Waals surface area contributed by atoms with Gasteiger partial charge in [0.15, 0.2) is 6.23 Å². The highest BCUT2D eigenvalue weighted by atomic mass is 79.9. The lowest BCUT2D eigenvalue weighted by Crippen LogP contribution is -2.29. The predicted octanol–water partition coefficient (Wildman–Crippen LogP) is 5.44. The van der Waals surface area contributed by atoms with Crippen molar-refractivity contribution in [3.8, 4) is 11.3 Å². The number of aromatic nitrogens is 4. The quantitative estimate of drug-likeness (QED) is 0.371. The standard InChI is InChI=1S/C22H18BrF3N4O2/c23-16-9-14-18(10-13(16)17-5-1-3-7-27-17)29(12-22(24,25)26)21(31)15-11-28-30(20(14)15)19-6-2-4-8-32-19/h1,3,5,7,9-11,19H,2,4,6,8,12H2. The average Bonchev–Trinajstić information content (AvgIpc) is 3.22. The smallest absolute Gasteiger partial charge is 0.356 e. The Kier molecular flexibility index (Phi) is 5.29. The minimum atomic E-state index is -4.56. The molecule has 10 heteroatoms. The Balaban J connectivity index is 1.85. The summed E-state index contributed by atoms with van der Waals surface area (Å²) in [6.07, 6.45) is 0.616. The van der Waals surface area contributed by atoms with Crippen molar-refractivity contribution in [1.29, 1.82) is 0 Å². The van der Waals surface area contributed by atoms with Crippen LogP contribution in [0.3, 0.4) is 0 Å². The fourth-order valence-corrected chi connectivity index (χ4v) is 4.75. The van der Waals surface area contributed by atoms with E-state index in [1.165, 1.54) is 6.20 Å². The summed E-state index contributed by atoms with van der Waals surface area (Å²) in [7, 11) is 0. The second-order valence-electron chi connectivity index (χ2n) is 7.74. The van der Waals surface area contributed by atoms with Gasteiger partial charge in [-0.05, 0) is 43.5 Å². The van der Waals surface area contributed by atoms with Crippen LogP contribution >= 0.6 is 15.9 Å². The highest BCUT2D eigenvalue weighted by Gasteiger charge is 2.31. The topological polar surface area (TPSA) is 61.9 Å². The molecule has 1 saturated heterocycles. The van der Waals surface area contributed by atoms with Gasteiger partial charge in [0, 0.05) is 28.2 Å². The van der Waals surface area contributed by atoms with Crippen molar-refractivity contribution >= 4 is 37.7 Å². The van der Waals surface area contributed by atoms with Crippen molar-refractivity contribution in [3.63, 3.8) is 0 Å². The van der Waals surface area contributed by atoms with E-state index in [-0.39, 0.29) is 17.1 Å². The van der Waals surface area contributed by atoms with E-state index in [9.17, 15) is 18.0 Å². The number of hydrogen-bond donors (Lipinski definition) is 0. The van der Waals surface area contributed by atoms with E-state index in [1.807, 2.05) is 0 Å². The third-order valence-electron chi connectivity index (χ3n) is 5.61. The second-order valence-corrected chi connectivity index (χ2v) is 8.60. The fraction of sp³-hybridized carbons (Fsp3) is 0.318. The van der Waals surface area contributed by atoms with E-state index in [1.54, 1.807) is 41.2 Å². The van der Waals surface area contributed by atoms with Crippen molar-refractivity contribution in [2.45, 2.75) is 38.2 Å². The molecule has 0 amide bonds. The molecule has 0 saturated carbocycles. The monoisotopic (exact) mass is 506 g/mol. The molecule has 0 aliphatic carbocycles. The lowest BCUT2D eigenvalue weighted by Gasteiger charge is -2.24. The molecule has 1 unspecified atom stereocenters. The molecule has 3 aromatic heterocycles. The summed E-state index contributed by atoms with van der Waals surface area (Å²) in [5.74, 6) is 0. The summed E-state index contributed by atoms with van der Waals surface area (Å²) in [5.41, 5.74) is 1.08. The van der Waals surface area contributed by atoms with Crippen LogP contribution in [-0.4, -0.2) is 32.1 Å². The van der Waals surface area contributed by atoms with E-state index >= 15 is 0 Å². The van der Waals surface area contributed by atoms with Gasteiger partial charge in [0.05, 0.1) is 28.3 Å². The summed E-state index contributed by atoms with van der Waals surface area (Å²) in [6.45, 7) is -0.824. The van der Waals surface area contributed by atoms with E-state index in [4.69, 9.17) is 4.74 Å². The summed E-state index contributed by atoms with van der Waals surface area (Å²) in [4.78, 5) is 17.5. The van der Waals surface area contributed by atoms with Crippen molar-refractivity contribution in [1.82, 2.24) is 19.3 Å². The normalized spacial score (nSPS) is 17.3. The molecule has 1 aromatic carbocycles. The van der Waals surface area contributed by atoms with Crippen LogP contribution in [-0.2, 0) is 11.3 Å². The molecule has 0 spiro atoms. The van der Waals surface area contributed by atoms with Crippen LogP contribution in [0.5, 0.6) is 0 Å². The molecule has 1 atom stereocenters. The number of hydrogen-bond acceptors (Lipinski definition) is 4. The van der Waals surface area contributed by atoms with Crippen LogP contribution in [0.4, 0.5) is 13.2 Å². The molecule has 6 nitrogen and oxygen atoms in total. The molecule has 4 heterocycles. The van der Waals surface area contributed by atoms with Crippen LogP contribution in [0.1, 0.15) is 25.5 Å². The summed E-state index contributed by atoms with van der Waals surface area (Å²) < 4.78 is 49.2. The lowest BCUT2D eigenvalue weighted by atomic mass is 10.1. The number of nitrogens with zero attached hydrogens (tertiary/aromatic N) is 4. The fourth-order valence-electron chi connectivity index (χ4n) is 4.21. The highest BCUT2D eigenvalue weighted by molar-refractivity contribution is 9.10. The van der Waals surface area contributed by atoms with E-state index in [0.717, 1.165) is 23.8 Å². The summed E-state index contributed by atoms with van der Waals surface area (Å²) in [6, 6.07) is 8.62. The van der Waals surface area contributed by atoms with Gasteiger partial charge in [-0.15, -0.1) is 0 Å². The van der Waals surface area contributed by atoms with Gasteiger partial charge >= 0.3 is 6.18 Å². The third-order valence-corrected chi connectivity index (χ3v) is 6.27. The van der Waals surface area contributed by atoms with Crippen LogP contribution in [0.2, 0.25) is 0 Å². The van der Waals surface area contributed by atoms with Gasteiger partial charge in [0.1, 0.15) is 6.54 Å². The Morgan fingerprint density at radius 2 is 2.03 bits per heavy atom. The zero-order valence-electron chi connectivity index (χ0n) is 16.8. The Hall–Kier alpha value is -2.72. The van der Waals surface area contributed by atoms with Crippen LogP contribution in [0.25, 0.3) is 33.1 Å². The molecule has 32 heavy (non-hydrogen) atoms. The van der Waals surface area contributed by atoms with Gasteiger partial charge in [-0.2, -0.15) is 18.3 Å². The maximum absolute atomic E-state index is 13.4. The third kappa shape index (κ3) is 3.71. The Morgan fingerprint density at radius 1 is 1.19 bits per heavy atom. The average molecular weight is 507 g/mol. The zero-order valence-corrected chi connectivity index (χ0v) is 18.4. The number of benzene rings is 1. The molecule has 4 aromatic rings. The van der Waals surface area contributed by atoms with Crippen molar-refractivity contribution in [2.24, 2.45) is 0 Å². The lowest BCUT2D eigenvalue weighted by molar-refractivity contribution is -0.140. The largest absolute Gasteiger partial charge is 0.406 e.